The monoisotopic (exact) mass is 562 g/mol. The van der Waals surface area contributed by atoms with E-state index < -0.39 is 23.6 Å². The van der Waals surface area contributed by atoms with E-state index in [0.717, 1.165) is 11.3 Å². The van der Waals surface area contributed by atoms with Gasteiger partial charge in [0.1, 0.15) is 11.9 Å². The van der Waals surface area contributed by atoms with Gasteiger partial charge in [-0.1, -0.05) is 36.4 Å². The molecule has 42 heavy (non-hydrogen) atoms. The van der Waals surface area contributed by atoms with E-state index in [-0.39, 0.29) is 30.2 Å². The maximum atomic E-state index is 13.6. The van der Waals surface area contributed by atoms with Gasteiger partial charge in [-0.15, -0.1) is 0 Å². The van der Waals surface area contributed by atoms with Crippen LogP contribution in [0, 0.1) is 5.82 Å². The first-order chi connectivity index (χ1) is 20.5. The summed E-state index contributed by atoms with van der Waals surface area (Å²) in [5, 5.41) is 9.89. The van der Waals surface area contributed by atoms with Crippen LogP contribution in [0.4, 0.5) is 4.39 Å². The van der Waals surface area contributed by atoms with E-state index in [9.17, 15) is 18.8 Å². The third kappa shape index (κ3) is 6.97. The minimum absolute atomic E-state index is 0.116. The van der Waals surface area contributed by atoms with Crippen molar-refractivity contribution in [1.82, 2.24) is 30.4 Å². The van der Waals surface area contributed by atoms with E-state index in [1.165, 1.54) is 23.0 Å². The second kappa shape index (κ2) is 13.2. The molecule has 0 aliphatic rings. The molecule has 2 aromatic carbocycles. The third-order valence-corrected chi connectivity index (χ3v) is 6.50. The van der Waals surface area contributed by atoms with Crippen LogP contribution in [0.25, 0.3) is 17.1 Å². The van der Waals surface area contributed by atoms with Crippen molar-refractivity contribution in [3.8, 4) is 17.1 Å². The van der Waals surface area contributed by atoms with E-state index in [1.807, 2.05) is 42.5 Å². The molecular formula is C32H27FN6O3. The fourth-order valence-electron chi connectivity index (χ4n) is 4.36. The van der Waals surface area contributed by atoms with Crippen LogP contribution < -0.4 is 10.6 Å². The minimum atomic E-state index is -1.13. The number of hydrogen-bond acceptors (Lipinski definition) is 6. The van der Waals surface area contributed by atoms with E-state index in [0.29, 0.717) is 17.7 Å². The normalized spacial score (nSPS) is 11.5. The highest BCUT2D eigenvalue weighted by Gasteiger charge is 2.28. The molecule has 0 saturated heterocycles. The molecule has 0 bridgehead atoms. The van der Waals surface area contributed by atoms with E-state index >= 15 is 0 Å². The SMILES string of the molecule is O=C(NCCc1ccccn1)C(=O)[C@H](Cc1ccccc1)NC(=O)c1cccnc1-n1ccc(-c2ccc(F)cc2)n1. The number of hydrogen-bond donors (Lipinski definition) is 2. The number of pyridine rings is 2. The van der Waals surface area contributed by atoms with Crippen molar-refractivity contribution in [3.05, 3.63) is 132 Å². The number of rotatable bonds is 11. The zero-order valence-corrected chi connectivity index (χ0v) is 22.5. The Labute approximate surface area is 241 Å². The summed E-state index contributed by atoms with van der Waals surface area (Å²) in [5.74, 6) is -2.28. The van der Waals surface area contributed by atoms with Crippen molar-refractivity contribution >= 4 is 17.6 Å². The Morgan fingerprint density at radius 1 is 0.833 bits per heavy atom. The number of amides is 2. The number of ketones is 1. The van der Waals surface area contributed by atoms with Crippen LogP contribution in [-0.4, -0.2) is 49.9 Å². The van der Waals surface area contributed by atoms with Crippen LogP contribution in [0.2, 0.25) is 0 Å². The predicted octanol–water partition coefficient (Wildman–Crippen LogP) is 3.74. The molecule has 0 aliphatic carbocycles. The van der Waals surface area contributed by atoms with Gasteiger partial charge < -0.3 is 10.6 Å². The fourth-order valence-corrected chi connectivity index (χ4v) is 4.36. The second-order valence-electron chi connectivity index (χ2n) is 9.43. The van der Waals surface area contributed by atoms with E-state index in [1.54, 1.807) is 48.8 Å². The molecule has 3 heterocycles. The van der Waals surface area contributed by atoms with Crippen LogP contribution in [0.5, 0.6) is 0 Å². The molecule has 9 nitrogen and oxygen atoms in total. The Kier molecular flexibility index (Phi) is 8.83. The van der Waals surface area contributed by atoms with Crippen LogP contribution in [-0.2, 0) is 22.4 Å². The average Bonchev–Trinajstić information content (AvgIpc) is 3.52. The largest absolute Gasteiger partial charge is 0.349 e. The number of carbonyl (C=O) groups excluding carboxylic acids is 3. The van der Waals surface area contributed by atoms with Gasteiger partial charge in [0.25, 0.3) is 11.8 Å². The van der Waals surface area contributed by atoms with Gasteiger partial charge in [0.15, 0.2) is 5.82 Å². The first-order valence-corrected chi connectivity index (χ1v) is 13.3. The zero-order valence-electron chi connectivity index (χ0n) is 22.5. The molecular weight excluding hydrogens is 535 g/mol. The lowest BCUT2D eigenvalue weighted by molar-refractivity contribution is -0.138. The smallest absolute Gasteiger partial charge is 0.289 e. The molecule has 1 atom stereocenters. The van der Waals surface area contributed by atoms with Gasteiger partial charge in [-0.05, 0) is 60.2 Å². The van der Waals surface area contributed by atoms with Gasteiger partial charge in [-0.2, -0.15) is 5.10 Å². The lowest BCUT2D eigenvalue weighted by Crippen LogP contribution is -2.49. The molecule has 0 unspecified atom stereocenters. The van der Waals surface area contributed by atoms with Crippen LogP contribution >= 0.6 is 0 Å². The highest BCUT2D eigenvalue weighted by atomic mass is 19.1. The number of benzene rings is 2. The summed E-state index contributed by atoms with van der Waals surface area (Å²) in [5.41, 5.74) is 2.98. The van der Waals surface area contributed by atoms with Crippen molar-refractivity contribution in [3.63, 3.8) is 0 Å². The Hall–Kier alpha value is -5.51. The Balaban J connectivity index is 1.34. The Morgan fingerprint density at radius 3 is 2.36 bits per heavy atom. The Bertz CT molecular complexity index is 1670. The standard InChI is InChI=1S/C32H27FN6O3/c33-24-13-11-23(12-14-24)27-16-20-39(38-27)30-26(10-6-18-35-30)31(41)37-28(21-22-7-2-1-3-8-22)29(40)32(42)36-19-15-25-9-4-5-17-34-25/h1-14,16-18,20,28H,15,19,21H2,(H,36,42)(H,37,41)/t28-/m0/s1. The molecule has 0 saturated carbocycles. The first-order valence-electron chi connectivity index (χ1n) is 13.3. The summed E-state index contributed by atoms with van der Waals surface area (Å²) >= 11 is 0. The number of halogens is 1. The summed E-state index contributed by atoms with van der Waals surface area (Å²) < 4.78 is 14.8. The van der Waals surface area contributed by atoms with Gasteiger partial charge in [0.05, 0.1) is 11.3 Å². The van der Waals surface area contributed by atoms with Gasteiger partial charge in [0, 0.05) is 49.2 Å². The summed E-state index contributed by atoms with van der Waals surface area (Å²) in [6.07, 6.45) is 5.39. The lowest BCUT2D eigenvalue weighted by atomic mass is 10.0. The predicted molar refractivity (Wildman–Crippen MR) is 154 cm³/mol. The topological polar surface area (TPSA) is 119 Å². The Morgan fingerprint density at radius 2 is 1.60 bits per heavy atom. The molecule has 0 radical (unpaired) electrons. The van der Waals surface area contributed by atoms with Gasteiger partial charge in [0.2, 0.25) is 5.78 Å². The highest BCUT2D eigenvalue weighted by Crippen LogP contribution is 2.20. The third-order valence-electron chi connectivity index (χ3n) is 6.50. The van der Waals surface area contributed by atoms with Crippen LogP contribution in [0.15, 0.2) is 110 Å². The molecule has 210 valence electrons. The van der Waals surface area contributed by atoms with Gasteiger partial charge in [-0.3, -0.25) is 19.4 Å². The van der Waals surface area contributed by atoms with Gasteiger partial charge >= 0.3 is 0 Å². The second-order valence-corrected chi connectivity index (χ2v) is 9.43. The minimum Gasteiger partial charge on any atom is -0.349 e. The number of aromatic nitrogens is 4. The zero-order chi connectivity index (χ0) is 29.3. The molecule has 0 fully saturated rings. The number of nitrogens with zero attached hydrogens (tertiary/aromatic N) is 4. The van der Waals surface area contributed by atoms with Crippen molar-refractivity contribution in [2.75, 3.05) is 6.54 Å². The molecule has 2 N–H and O–H groups in total. The molecule has 2 amide bonds. The first kappa shape index (κ1) is 28.0. The molecule has 5 rings (SSSR count). The number of nitrogens with one attached hydrogen (secondary N) is 2. The number of carbonyl (C=O) groups is 3. The molecule has 0 aliphatic heterocycles. The van der Waals surface area contributed by atoms with Crippen LogP contribution in [0.1, 0.15) is 21.6 Å². The number of Topliss-reactive ketones (excluding diaryl/α,β-unsaturated/α-hetero) is 1. The van der Waals surface area contributed by atoms with Crippen molar-refractivity contribution in [1.29, 1.82) is 0 Å². The average molecular weight is 563 g/mol. The van der Waals surface area contributed by atoms with Gasteiger partial charge in [-0.25, -0.2) is 14.1 Å². The summed E-state index contributed by atoms with van der Waals surface area (Å²) in [7, 11) is 0. The molecule has 10 heteroatoms. The lowest BCUT2D eigenvalue weighted by Gasteiger charge is -2.18. The van der Waals surface area contributed by atoms with Crippen molar-refractivity contribution in [2.24, 2.45) is 0 Å². The quantitative estimate of drug-likeness (QED) is 0.237. The van der Waals surface area contributed by atoms with Crippen LogP contribution in [0.3, 0.4) is 0 Å². The summed E-state index contributed by atoms with van der Waals surface area (Å²) in [6.45, 7) is 0.218. The summed E-state index contributed by atoms with van der Waals surface area (Å²) in [6, 6.07) is 24.3. The maximum Gasteiger partial charge on any atom is 0.289 e. The maximum absolute atomic E-state index is 13.6. The van der Waals surface area contributed by atoms with Crippen molar-refractivity contribution < 1.29 is 18.8 Å². The molecule has 5 aromatic rings. The molecule has 3 aromatic heterocycles. The molecule has 0 spiro atoms. The fraction of sp³-hybridized carbons (Fsp3) is 0.125. The van der Waals surface area contributed by atoms with Crippen molar-refractivity contribution in [2.45, 2.75) is 18.9 Å². The van der Waals surface area contributed by atoms with E-state index in [4.69, 9.17) is 0 Å². The summed E-state index contributed by atoms with van der Waals surface area (Å²) in [4.78, 5) is 48.3. The highest BCUT2D eigenvalue weighted by molar-refractivity contribution is 6.38. The van der Waals surface area contributed by atoms with E-state index in [2.05, 4.69) is 25.7 Å².